The number of nitrogens with one attached hydrogen (secondary N) is 2. The van der Waals surface area contributed by atoms with E-state index in [2.05, 4.69) is 63.0 Å². The number of carbonyl (C=O) groups excluding carboxylic acids is 2. The normalized spacial score (nSPS) is 14.7. The van der Waals surface area contributed by atoms with Crippen LogP contribution in [0.5, 0.6) is 0 Å². The van der Waals surface area contributed by atoms with E-state index in [-0.39, 0.29) is 11.8 Å². The van der Waals surface area contributed by atoms with Gasteiger partial charge in [-0.2, -0.15) is 0 Å². The van der Waals surface area contributed by atoms with Crippen molar-refractivity contribution >= 4 is 40.8 Å². The van der Waals surface area contributed by atoms with E-state index in [1.807, 2.05) is 32.3 Å². The lowest BCUT2D eigenvalue weighted by molar-refractivity contribution is -0.133. The van der Waals surface area contributed by atoms with Gasteiger partial charge in [0.05, 0.1) is 11.3 Å². The van der Waals surface area contributed by atoms with Gasteiger partial charge in [-0.1, -0.05) is 30.4 Å². The molecule has 1 saturated heterocycles. The molecule has 38 heavy (non-hydrogen) atoms. The number of hydrogen-bond donors (Lipinski definition) is 3. The minimum atomic E-state index is -0.523. The number of allylic oxidation sites excluding steroid dienone is 1. The zero-order chi connectivity index (χ0) is 26.6. The Hall–Kier alpha value is -4.33. The summed E-state index contributed by atoms with van der Waals surface area (Å²) >= 11 is 0. The number of nitrogens with zero attached hydrogens (tertiary/aromatic N) is 3. The molecule has 1 aliphatic heterocycles. The first-order chi connectivity index (χ1) is 18.4. The summed E-state index contributed by atoms with van der Waals surface area (Å²) in [6.45, 7) is 2.30. The second-order valence-electron chi connectivity index (χ2n) is 10.1. The maximum atomic E-state index is 12.3. The Morgan fingerprint density at radius 1 is 1.11 bits per heavy atom. The second kappa shape index (κ2) is 11.0. The molecule has 196 valence electrons. The van der Waals surface area contributed by atoms with Gasteiger partial charge in [-0.25, -0.2) is 4.98 Å². The Bertz CT molecular complexity index is 1360. The van der Waals surface area contributed by atoms with Crippen LogP contribution >= 0.6 is 0 Å². The van der Waals surface area contributed by atoms with E-state index in [1.54, 1.807) is 4.90 Å². The summed E-state index contributed by atoms with van der Waals surface area (Å²) in [5, 5.41) is 6.72. The molecule has 4 N–H and O–H groups in total. The summed E-state index contributed by atoms with van der Waals surface area (Å²) in [6, 6.07) is 16.3. The third-order valence-electron chi connectivity index (χ3n) is 7.34. The molecular formula is C30H34N6O2. The zero-order valence-corrected chi connectivity index (χ0v) is 21.9. The lowest BCUT2D eigenvalue weighted by atomic mass is 9.95. The third-order valence-corrected chi connectivity index (χ3v) is 7.34. The predicted octanol–water partition coefficient (Wildman–Crippen LogP) is 4.41. The van der Waals surface area contributed by atoms with Crippen molar-refractivity contribution in [1.82, 2.24) is 9.88 Å². The highest BCUT2D eigenvalue weighted by molar-refractivity contribution is 5.98. The smallest absolute Gasteiger partial charge is 0.252 e. The van der Waals surface area contributed by atoms with Crippen molar-refractivity contribution in [1.29, 1.82) is 0 Å². The molecule has 2 aliphatic rings. The van der Waals surface area contributed by atoms with E-state index in [1.165, 1.54) is 22.9 Å². The number of piperidine rings is 1. The average molecular weight is 511 g/mol. The van der Waals surface area contributed by atoms with E-state index in [4.69, 9.17) is 5.73 Å². The number of rotatable bonds is 8. The Morgan fingerprint density at radius 2 is 1.87 bits per heavy atom. The predicted molar refractivity (Wildman–Crippen MR) is 153 cm³/mol. The number of aromatic nitrogens is 1. The Labute approximate surface area is 223 Å². The Morgan fingerprint density at radius 3 is 2.58 bits per heavy atom. The van der Waals surface area contributed by atoms with Crippen LogP contribution < -0.4 is 21.3 Å². The molecule has 5 rings (SSSR count). The lowest BCUT2D eigenvalue weighted by Crippen LogP contribution is -2.40. The van der Waals surface area contributed by atoms with E-state index in [0.717, 1.165) is 43.7 Å². The Kier molecular flexibility index (Phi) is 7.31. The molecule has 0 radical (unpaired) electrons. The average Bonchev–Trinajstić information content (AvgIpc) is 3.42. The molecular weight excluding hydrogens is 476 g/mol. The maximum absolute atomic E-state index is 12.3. The molecule has 0 unspecified atom stereocenters. The molecule has 0 spiro atoms. The van der Waals surface area contributed by atoms with Crippen molar-refractivity contribution in [2.75, 3.05) is 42.7 Å². The van der Waals surface area contributed by atoms with E-state index in [9.17, 15) is 9.59 Å². The number of anilines is 4. The second-order valence-corrected chi connectivity index (χ2v) is 10.1. The van der Waals surface area contributed by atoms with Gasteiger partial charge in [-0.05, 0) is 60.2 Å². The molecule has 3 aromatic rings. The van der Waals surface area contributed by atoms with Gasteiger partial charge in [0.25, 0.3) is 5.91 Å². The lowest BCUT2D eigenvalue weighted by Gasteiger charge is -2.34. The van der Waals surface area contributed by atoms with Crippen molar-refractivity contribution in [3.8, 4) is 0 Å². The van der Waals surface area contributed by atoms with Crippen molar-refractivity contribution in [2.24, 2.45) is 11.7 Å². The van der Waals surface area contributed by atoms with Crippen molar-refractivity contribution in [3.63, 3.8) is 0 Å². The van der Waals surface area contributed by atoms with Crippen LogP contribution in [0.25, 0.3) is 6.08 Å². The van der Waals surface area contributed by atoms with Crippen LogP contribution in [-0.2, 0) is 17.8 Å². The fourth-order valence-corrected chi connectivity index (χ4v) is 5.23. The van der Waals surface area contributed by atoms with E-state index >= 15 is 0 Å². The van der Waals surface area contributed by atoms with Crippen molar-refractivity contribution in [2.45, 2.75) is 25.8 Å². The summed E-state index contributed by atoms with van der Waals surface area (Å²) < 4.78 is 0. The summed E-state index contributed by atoms with van der Waals surface area (Å²) in [5.41, 5.74) is 12.4. The minimum Gasteiger partial charge on any atom is -0.380 e. The van der Waals surface area contributed by atoms with Gasteiger partial charge in [0, 0.05) is 63.3 Å². The van der Waals surface area contributed by atoms with Crippen LogP contribution in [0.4, 0.5) is 22.9 Å². The molecule has 0 saturated carbocycles. The van der Waals surface area contributed by atoms with Crippen LogP contribution in [0.2, 0.25) is 0 Å². The minimum absolute atomic E-state index is 0.110. The highest BCUT2D eigenvalue weighted by Crippen LogP contribution is 2.28. The maximum Gasteiger partial charge on any atom is 0.252 e. The fourth-order valence-electron chi connectivity index (χ4n) is 5.23. The monoisotopic (exact) mass is 510 g/mol. The van der Waals surface area contributed by atoms with Gasteiger partial charge >= 0.3 is 0 Å². The largest absolute Gasteiger partial charge is 0.380 e. The number of pyridine rings is 1. The SMILES string of the molecule is CN(C)C(=O)C1CCN(c2ccc(Nc3cc(NCc4cccc5c4C=CC5)c(C(N)=O)cn3)cc2)CC1. The number of benzene rings is 2. The van der Waals surface area contributed by atoms with Crippen LogP contribution in [-0.4, -0.2) is 48.9 Å². The van der Waals surface area contributed by atoms with Gasteiger partial charge in [-0.15, -0.1) is 0 Å². The number of carbonyl (C=O) groups is 2. The molecule has 2 heterocycles. The van der Waals surface area contributed by atoms with Crippen LogP contribution in [0, 0.1) is 5.92 Å². The Balaban J connectivity index is 1.25. The molecule has 0 atom stereocenters. The first-order valence-electron chi connectivity index (χ1n) is 13.0. The summed E-state index contributed by atoms with van der Waals surface area (Å²) in [5.74, 6) is 0.424. The molecule has 8 heteroatoms. The quantitative estimate of drug-likeness (QED) is 0.415. The number of hydrogen-bond acceptors (Lipinski definition) is 6. The standard InChI is InChI=1S/C30H34N6O2/c1-35(2)30(38)21-13-15-36(16-14-21)24-11-9-23(10-12-24)34-28-17-27(26(19-33-28)29(31)37)32-18-22-7-3-5-20-6-4-8-25(20)22/h3-5,7-12,17,19,21H,6,13-16,18H2,1-2H3,(H2,31,37)(H2,32,33,34). The first-order valence-corrected chi connectivity index (χ1v) is 13.0. The fraction of sp³-hybridized carbons (Fsp3) is 0.300. The van der Waals surface area contributed by atoms with Crippen LogP contribution in [0.15, 0.2) is 60.8 Å². The molecule has 1 aromatic heterocycles. The molecule has 0 bridgehead atoms. The van der Waals surface area contributed by atoms with Gasteiger partial charge in [0.2, 0.25) is 5.91 Å². The van der Waals surface area contributed by atoms with E-state index in [0.29, 0.717) is 23.6 Å². The topological polar surface area (TPSA) is 104 Å². The number of primary amides is 1. The number of nitrogens with two attached hydrogens (primary N) is 1. The molecule has 2 amide bonds. The van der Waals surface area contributed by atoms with Gasteiger partial charge in [0.15, 0.2) is 0 Å². The summed E-state index contributed by atoms with van der Waals surface area (Å²) in [6.07, 6.45) is 8.51. The number of fused-ring (bicyclic) bond motifs is 1. The van der Waals surface area contributed by atoms with Gasteiger partial charge in [0.1, 0.15) is 5.82 Å². The van der Waals surface area contributed by atoms with Gasteiger partial charge in [-0.3, -0.25) is 9.59 Å². The van der Waals surface area contributed by atoms with Crippen LogP contribution in [0.3, 0.4) is 0 Å². The third kappa shape index (κ3) is 5.49. The summed E-state index contributed by atoms with van der Waals surface area (Å²) in [4.78, 5) is 32.7. The molecule has 2 aromatic carbocycles. The highest BCUT2D eigenvalue weighted by Gasteiger charge is 2.26. The van der Waals surface area contributed by atoms with Crippen molar-refractivity contribution in [3.05, 3.63) is 83.1 Å². The molecule has 8 nitrogen and oxygen atoms in total. The zero-order valence-electron chi connectivity index (χ0n) is 21.9. The van der Waals surface area contributed by atoms with E-state index < -0.39 is 5.91 Å². The number of amides is 2. The highest BCUT2D eigenvalue weighted by atomic mass is 16.2. The molecule has 1 aliphatic carbocycles. The molecule has 1 fully saturated rings. The first kappa shape index (κ1) is 25.3. The van der Waals surface area contributed by atoms with Gasteiger partial charge < -0.3 is 26.2 Å². The van der Waals surface area contributed by atoms with Crippen molar-refractivity contribution < 1.29 is 9.59 Å². The van der Waals surface area contributed by atoms with Crippen LogP contribution in [0.1, 0.15) is 39.9 Å². The summed E-state index contributed by atoms with van der Waals surface area (Å²) in [7, 11) is 3.64.